The second-order valence-electron chi connectivity index (χ2n) is 11.5. The van der Waals surface area contributed by atoms with Gasteiger partial charge in [0.2, 0.25) is 10.0 Å². The van der Waals surface area contributed by atoms with Crippen LogP contribution in [-0.4, -0.2) is 76.0 Å². The monoisotopic (exact) mass is 694 g/mol. The molecule has 258 valence electrons. The number of carbonyl (C=O) groups is 3. The number of furan rings is 1. The summed E-state index contributed by atoms with van der Waals surface area (Å²) in [6, 6.07) is 15.4. The molecule has 1 heterocycles. The van der Waals surface area contributed by atoms with Gasteiger partial charge in [-0.3, -0.25) is 13.9 Å². The molecule has 1 amide bonds. The lowest BCUT2D eigenvalue weighted by molar-refractivity contribution is -0.146. The lowest BCUT2D eigenvalue weighted by Crippen LogP contribution is -2.34. The van der Waals surface area contributed by atoms with Gasteiger partial charge in [0, 0.05) is 35.7 Å². The van der Waals surface area contributed by atoms with Gasteiger partial charge in [0.05, 0.1) is 50.5 Å². The van der Waals surface area contributed by atoms with Gasteiger partial charge in [-0.1, -0.05) is 24.3 Å². The Morgan fingerprint density at radius 3 is 2.29 bits per heavy atom. The molecule has 1 aliphatic rings. The molecule has 14 heteroatoms. The molecule has 4 aromatic rings. The summed E-state index contributed by atoms with van der Waals surface area (Å²) in [6.07, 6.45) is 3.48. The molecule has 1 saturated carbocycles. The van der Waals surface area contributed by atoms with Crippen LogP contribution < -0.4 is 9.62 Å². The minimum atomic E-state index is -3.76. The van der Waals surface area contributed by atoms with E-state index >= 15 is 0 Å². The third-order valence-corrected chi connectivity index (χ3v) is 9.07. The summed E-state index contributed by atoms with van der Waals surface area (Å²) >= 11 is 0. The van der Waals surface area contributed by atoms with E-state index in [4.69, 9.17) is 19.0 Å². The highest BCUT2D eigenvalue weighted by Crippen LogP contribution is 2.48. The van der Waals surface area contributed by atoms with Crippen LogP contribution in [0.5, 0.6) is 0 Å². The number of fused-ring (bicyclic) bond motifs is 1. The first-order valence-electron chi connectivity index (χ1n) is 15.4. The van der Waals surface area contributed by atoms with E-state index in [0.717, 1.165) is 30.2 Å². The maximum absolute atomic E-state index is 13.7. The summed E-state index contributed by atoms with van der Waals surface area (Å²) in [4.78, 5) is 35.0. The number of nitrogens with one attached hydrogen (secondary N) is 1. The van der Waals surface area contributed by atoms with Crippen LogP contribution in [0.25, 0.3) is 28.1 Å². The quantitative estimate of drug-likeness (QED) is 0.0625. The Labute approximate surface area is 281 Å². The molecule has 49 heavy (non-hydrogen) atoms. The zero-order chi connectivity index (χ0) is 35.3. The van der Waals surface area contributed by atoms with Gasteiger partial charge in [0.15, 0.2) is 0 Å². The summed E-state index contributed by atoms with van der Waals surface area (Å²) in [6.45, 7) is 0.680. The topological polar surface area (TPSA) is 173 Å². The Morgan fingerprint density at radius 2 is 1.67 bits per heavy atom. The number of hydrogen-bond donors (Lipinski definition) is 3. The first kappa shape index (κ1) is 35.3. The third kappa shape index (κ3) is 8.52. The van der Waals surface area contributed by atoms with E-state index < -0.39 is 33.4 Å². The fraction of sp³-hybridized carbons (Fsp3) is 0.286. The molecule has 0 aliphatic heterocycles. The zero-order valence-electron chi connectivity index (χ0n) is 26.8. The van der Waals surface area contributed by atoms with Gasteiger partial charge < -0.3 is 29.4 Å². The van der Waals surface area contributed by atoms with Gasteiger partial charge in [-0.15, -0.1) is 0 Å². The van der Waals surface area contributed by atoms with Gasteiger partial charge in [0.1, 0.15) is 22.9 Å². The van der Waals surface area contributed by atoms with Crippen LogP contribution in [0.2, 0.25) is 0 Å². The van der Waals surface area contributed by atoms with Crippen molar-refractivity contribution >= 4 is 50.1 Å². The number of ether oxygens (including phenoxy) is 2. The van der Waals surface area contributed by atoms with Crippen LogP contribution in [0.4, 0.5) is 10.1 Å². The Morgan fingerprint density at radius 1 is 1.00 bits per heavy atom. The fourth-order valence-electron chi connectivity index (χ4n) is 5.30. The number of ketones is 1. The standard InChI is InChI=1S/C35H35FN2O10S/c1-37-34(41)32-27-17-26(22-7-8-22)28(18-31(27)48-33(32)24-9-11-25(36)12-10-24)38(49(2,44)45)13-14-46-15-16-47-20-21-3-5-23(6-4-21)29(39)19-30(40)35(42)43/h3-6,9-12,17-19,22,39H,7-8,13-16,20H2,1-2H3,(H,37,41)(H,42,43). The van der Waals surface area contributed by atoms with Crippen LogP contribution in [0.1, 0.15) is 45.8 Å². The Balaban J connectivity index is 1.25. The van der Waals surface area contributed by atoms with E-state index in [1.165, 1.54) is 47.8 Å². The summed E-state index contributed by atoms with van der Waals surface area (Å²) in [7, 11) is -2.26. The Bertz CT molecular complexity index is 2000. The summed E-state index contributed by atoms with van der Waals surface area (Å²) < 4.78 is 58.6. The van der Waals surface area contributed by atoms with Crippen LogP contribution >= 0.6 is 0 Å². The van der Waals surface area contributed by atoms with Crippen molar-refractivity contribution in [1.82, 2.24) is 5.32 Å². The van der Waals surface area contributed by atoms with Gasteiger partial charge in [-0.25, -0.2) is 17.6 Å². The number of halogens is 1. The zero-order valence-corrected chi connectivity index (χ0v) is 27.6. The molecule has 0 atom stereocenters. The summed E-state index contributed by atoms with van der Waals surface area (Å²) in [5.74, 6) is -3.83. The van der Waals surface area contributed by atoms with Crippen LogP contribution in [0.3, 0.4) is 0 Å². The normalized spacial score (nSPS) is 13.4. The maximum Gasteiger partial charge on any atom is 0.376 e. The number of nitrogens with zero attached hydrogens (tertiary/aromatic N) is 1. The molecular formula is C35H35FN2O10S. The molecule has 3 aromatic carbocycles. The fourth-order valence-corrected chi connectivity index (χ4v) is 6.23. The first-order chi connectivity index (χ1) is 23.4. The molecule has 0 spiro atoms. The van der Waals surface area contributed by atoms with Crippen molar-refractivity contribution in [1.29, 1.82) is 0 Å². The minimum Gasteiger partial charge on any atom is -0.507 e. The number of carbonyl (C=O) groups excluding carboxylic acids is 2. The average molecular weight is 695 g/mol. The number of benzene rings is 3. The van der Waals surface area contributed by atoms with Crippen molar-refractivity contribution in [2.24, 2.45) is 0 Å². The molecule has 0 bridgehead atoms. The lowest BCUT2D eigenvalue weighted by Gasteiger charge is -2.25. The number of aliphatic hydroxyl groups is 1. The number of carboxylic acid groups (broad SMARTS) is 1. The number of amides is 1. The number of carboxylic acids is 1. The van der Waals surface area contributed by atoms with Crippen LogP contribution in [0, 0.1) is 5.82 Å². The molecular weight excluding hydrogens is 659 g/mol. The van der Waals surface area contributed by atoms with E-state index in [-0.39, 0.29) is 61.7 Å². The van der Waals surface area contributed by atoms with Crippen LogP contribution in [0.15, 0.2) is 71.2 Å². The molecule has 1 aromatic heterocycles. The predicted molar refractivity (Wildman–Crippen MR) is 179 cm³/mol. The number of sulfonamides is 1. The van der Waals surface area contributed by atoms with Crippen molar-refractivity contribution in [2.45, 2.75) is 25.4 Å². The largest absolute Gasteiger partial charge is 0.507 e. The van der Waals surface area contributed by atoms with Crippen molar-refractivity contribution in [3.63, 3.8) is 0 Å². The highest BCUT2D eigenvalue weighted by molar-refractivity contribution is 7.92. The first-order valence-corrected chi connectivity index (χ1v) is 17.2. The summed E-state index contributed by atoms with van der Waals surface area (Å²) in [5, 5.41) is 21.8. The minimum absolute atomic E-state index is 0.0146. The van der Waals surface area contributed by atoms with Crippen molar-refractivity contribution in [3.05, 3.63) is 94.8 Å². The summed E-state index contributed by atoms with van der Waals surface area (Å²) in [5.41, 5.74) is 3.34. The second kappa shape index (κ2) is 15.0. The number of rotatable bonds is 16. The second-order valence-corrected chi connectivity index (χ2v) is 13.4. The lowest BCUT2D eigenvalue weighted by atomic mass is 10.0. The molecule has 3 N–H and O–H groups in total. The Kier molecular flexibility index (Phi) is 10.8. The average Bonchev–Trinajstić information content (AvgIpc) is 3.85. The molecule has 12 nitrogen and oxygen atoms in total. The third-order valence-electron chi connectivity index (χ3n) is 7.89. The highest BCUT2D eigenvalue weighted by Gasteiger charge is 2.33. The SMILES string of the molecule is CNC(=O)c1c(-c2ccc(F)cc2)oc2cc(N(CCOCCOCc3ccc(C(O)=CC(=O)C(=O)O)cc3)S(C)(=O)=O)c(C3CC3)cc12. The van der Waals surface area contributed by atoms with Gasteiger partial charge in [-0.05, 0) is 60.2 Å². The van der Waals surface area contributed by atoms with Crippen molar-refractivity contribution in [3.8, 4) is 11.3 Å². The molecule has 0 unspecified atom stereocenters. The number of aliphatic hydroxyl groups excluding tert-OH is 1. The van der Waals surface area contributed by atoms with E-state index in [0.29, 0.717) is 28.3 Å². The van der Waals surface area contributed by atoms with E-state index in [2.05, 4.69) is 5.32 Å². The van der Waals surface area contributed by atoms with E-state index in [1.54, 1.807) is 18.2 Å². The molecule has 0 saturated heterocycles. The molecule has 1 fully saturated rings. The molecule has 5 rings (SSSR count). The van der Waals surface area contributed by atoms with Crippen molar-refractivity contribution in [2.75, 3.05) is 44.0 Å². The Hall–Kier alpha value is -5.05. The smallest absolute Gasteiger partial charge is 0.376 e. The number of aliphatic carboxylic acids is 1. The number of hydrogen-bond acceptors (Lipinski definition) is 9. The molecule has 0 radical (unpaired) electrons. The van der Waals surface area contributed by atoms with Crippen molar-refractivity contribution < 1.29 is 51.3 Å². The number of anilines is 1. The van der Waals surface area contributed by atoms with E-state index in [9.17, 15) is 32.3 Å². The predicted octanol–water partition coefficient (Wildman–Crippen LogP) is 5.03. The maximum atomic E-state index is 13.7. The molecule has 1 aliphatic carbocycles. The van der Waals surface area contributed by atoms with Gasteiger partial charge in [-0.2, -0.15) is 0 Å². The van der Waals surface area contributed by atoms with Crippen LogP contribution in [-0.2, 0) is 35.7 Å². The van der Waals surface area contributed by atoms with E-state index in [1.807, 2.05) is 6.07 Å². The van der Waals surface area contributed by atoms with Gasteiger partial charge >= 0.3 is 5.97 Å². The highest BCUT2D eigenvalue weighted by atomic mass is 32.2. The van der Waals surface area contributed by atoms with Gasteiger partial charge in [0.25, 0.3) is 11.7 Å².